The summed E-state index contributed by atoms with van der Waals surface area (Å²) in [6.45, 7) is 12.0. The first-order valence-corrected chi connectivity index (χ1v) is 11.9. The van der Waals surface area contributed by atoms with E-state index in [4.69, 9.17) is 4.98 Å². The molecule has 32 heavy (non-hydrogen) atoms. The maximum atomic E-state index is 12.6. The van der Waals surface area contributed by atoms with E-state index in [-0.39, 0.29) is 5.91 Å². The lowest BCUT2D eigenvalue weighted by molar-refractivity contribution is -0.117. The Morgan fingerprint density at radius 2 is 1.78 bits per heavy atom. The second kappa shape index (κ2) is 9.75. The number of amides is 1. The van der Waals surface area contributed by atoms with Crippen LogP contribution in [0, 0.1) is 13.8 Å². The van der Waals surface area contributed by atoms with Crippen LogP contribution in [0.5, 0.6) is 0 Å². The van der Waals surface area contributed by atoms with Gasteiger partial charge in [0.05, 0.1) is 12.2 Å². The molecule has 0 spiro atoms. The summed E-state index contributed by atoms with van der Waals surface area (Å²) in [5.41, 5.74) is 4.16. The van der Waals surface area contributed by atoms with Gasteiger partial charge in [-0.15, -0.1) is 11.3 Å². The molecule has 0 aliphatic carbocycles. The lowest BCUT2D eigenvalue weighted by Gasteiger charge is -2.35. The van der Waals surface area contributed by atoms with Gasteiger partial charge in [0.2, 0.25) is 5.91 Å². The van der Waals surface area contributed by atoms with Crippen LogP contribution >= 0.6 is 11.3 Å². The topological polar surface area (TPSA) is 74.2 Å². The summed E-state index contributed by atoms with van der Waals surface area (Å²) in [5.74, 6) is 2.14. The lowest BCUT2D eigenvalue weighted by Crippen LogP contribution is -2.49. The largest absolute Gasteiger partial charge is 0.354 e. The molecule has 1 aliphatic heterocycles. The van der Waals surface area contributed by atoms with Crippen LogP contribution in [0.2, 0.25) is 0 Å². The van der Waals surface area contributed by atoms with E-state index in [1.54, 1.807) is 0 Å². The number of nitrogens with zero attached hydrogens (tertiary/aromatic N) is 5. The van der Waals surface area contributed by atoms with Crippen molar-refractivity contribution in [3.05, 3.63) is 52.8 Å². The van der Waals surface area contributed by atoms with Crippen molar-refractivity contribution in [2.75, 3.05) is 42.9 Å². The summed E-state index contributed by atoms with van der Waals surface area (Å²) in [5, 5.41) is 5.57. The fraction of sp³-hybridized carbons (Fsp3) is 0.417. The molecule has 1 aliphatic rings. The number of hydrogen-bond donors (Lipinski definition) is 1. The van der Waals surface area contributed by atoms with E-state index >= 15 is 0 Å². The van der Waals surface area contributed by atoms with Gasteiger partial charge in [0, 0.05) is 54.8 Å². The van der Waals surface area contributed by atoms with E-state index in [0.29, 0.717) is 17.6 Å². The quantitative estimate of drug-likeness (QED) is 0.609. The van der Waals surface area contributed by atoms with E-state index < -0.39 is 0 Å². The van der Waals surface area contributed by atoms with Crippen LogP contribution in [-0.4, -0.2) is 58.5 Å². The monoisotopic (exact) mass is 450 g/mol. The van der Waals surface area contributed by atoms with Gasteiger partial charge in [-0.25, -0.2) is 15.0 Å². The first-order valence-electron chi connectivity index (χ1n) is 11.0. The number of carbonyl (C=O) groups is 1. The summed E-state index contributed by atoms with van der Waals surface area (Å²) in [4.78, 5) is 30.9. The minimum Gasteiger partial charge on any atom is -0.354 e. The number of piperazine rings is 1. The molecular formula is C24H30N6OS. The van der Waals surface area contributed by atoms with E-state index in [9.17, 15) is 4.79 Å². The zero-order valence-electron chi connectivity index (χ0n) is 19.1. The number of thiazole rings is 1. The van der Waals surface area contributed by atoms with Crippen LogP contribution in [0.25, 0.3) is 11.3 Å². The van der Waals surface area contributed by atoms with Crippen molar-refractivity contribution < 1.29 is 4.79 Å². The van der Waals surface area contributed by atoms with Crippen LogP contribution in [0.1, 0.15) is 36.8 Å². The van der Waals surface area contributed by atoms with Crippen LogP contribution < -0.4 is 10.2 Å². The van der Waals surface area contributed by atoms with Gasteiger partial charge in [0.1, 0.15) is 11.6 Å². The maximum absolute atomic E-state index is 12.6. The van der Waals surface area contributed by atoms with Crippen molar-refractivity contribution in [3.8, 4) is 11.3 Å². The van der Waals surface area contributed by atoms with Crippen molar-refractivity contribution in [2.45, 2.75) is 33.6 Å². The molecule has 0 radical (unpaired) electrons. The average Bonchev–Trinajstić information content (AvgIpc) is 3.22. The molecule has 1 aromatic carbocycles. The highest BCUT2D eigenvalue weighted by Gasteiger charge is 2.21. The van der Waals surface area contributed by atoms with Crippen molar-refractivity contribution in [1.29, 1.82) is 0 Å². The normalized spacial score (nSPS) is 14.7. The summed E-state index contributed by atoms with van der Waals surface area (Å²) in [6, 6.07) is 10.3. The fourth-order valence-electron chi connectivity index (χ4n) is 3.68. The molecule has 1 saturated heterocycles. The minimum absolute atomic E-state index is 0.0248. The SMILES string of the molecule is Cc1ccc(-c2csc(NC(=O)CN3CCN(c4cc(C)nc(C(C)C)n4)CC3)n2)cc1. The maximum Gasteiger partial charge on any atom is 0.240 e. The van der Waals surface area contributed by atoms with Gasteiger partial charge in [-0.05, 0) is 13.8 Å². The predicted molar refractivity (Wildman–Crippen MR) is 130 cm³/mol. The molecule has 2 aromatic heterocycles. The third-order valence-electron chi connectivity index (χ3n) is 5.54. The van der Waals surface area contributed by atoms with Crippen molar-refractivity contribution in [3.63, 3.8) is 0 Å². The van der Waals surface area contributed by atoms with E-state index in [2.05, 4.69) is 70.1 Å². The highest BCUT2D eigenvalue weighted by molar-refractivity contribution is 7.14. The van der Waals surface area contributed by atoms with Crippen LogP contribution in [0.4, 0.5) is 10.9 Å². The number of nitrogens with one attached hydrogen (secondary N) is 1. The molecule has 0 saturated carbocycles. The van der Waals surface area contributed by atoms with E-state index in [0.717, 1.165) is 54.8 Å². The molecule has 3 aromatic rings. The van der Waals surface area contributed by atoms with E-state index in [1.807, 2.05) is 18.4 Å². The summed E-state index contributed by atoms with van der Waals surface area (Å²) in [7, 11) is 0. The minimum atomic E-state index is -0.0248. The Balaban J connectivity index is 1.29. The fourth-order valence-corrected chi connectivity index (χ4v) is 4.42. The molecule has 7 nitrogen and oxygen atoms in total. The first kappa shape index (κ1) is 22.4. The third-order valence-corrected chi connectivity index (χ3v) is 6.29. The lowest BCUT2D eigenvalue weighted by atomic mass is 10.1. The summed E-state index contributed by atoms with van der Waals surface area (Å²) >= 11 is 1.46. The number of benzene rings is 1. The van der Waals surface area contributed by atoms with Gasteiger partial charge in [-0.2, -0.15) is 0 Å². The second-order valence-corrected chi connectivity index (χ2v) is 9.45. The van der Waals surface area contributed by atoms with Crippen LogP contribution in [-0.2, 0) is 4.79 Å². The van der Waals surface area contributed by atoms with E-state index in [1.165, 1.54) is 16.9 Å². The highest BCUT2D eigenvalue weighted by Crippen LogP contribution is 2.25. The predicted octanol–water partition coefficient (Wildman–Crippen LogP) is 4.10. The Morgan fingerprint density at radius 3 is 2.47 bits per heavy atom. The van der Waals surface area contributed by atoms with Crippen molar-refractivity contribution >= 4 is 28.2 Å². The molecular weight excluding hydrogens is 420 g/mol. The zero-order valence-corrected chi connectivity index (χ0v) is 19.9. The molecule has 168 valence electrons. The smallest absolute Gasteiger partial charge is 0.240 e. The molecule has 3 heterocycles. The molecule has 1 amide bonds. The Kier molecular flexibility index (Phi) is 6.81. The standard InChI is InChI=1S/C24H30N6OS/c1-16(2)23-25-18(4)13-21(27-23)30-11-9-29(10-12-30)14-22(31)28-24-26-20(15-32-24)19-7-5-17(3)6-8-19/h5-8,13,15-16H,9-12,14H2,1-4H3,(H,26,28,31). The number of anilines is 2. The first-order chi connectivity index (χ1) is 15.4. The number of hydrogen-bond acceptors (Lipinski definition) is 7. The summed E-state index contributed by atoms with van der Waals surface area (Å²) < 4.78 is 0. The Labute approximate surface area is 193 Å². The second-order valence-electron chi connectivity index (χ2n) is 8.60. The van der Waals surface area contributed by atoms with Gasteiger partial charge >= 0.3 is 0 Å². The van der Waals surface area contributed by atoms with Crippen molar-refractivity contribution in [2.24, 2.45) is 0 Å². The molecule has 0 unspecified atom stereocenters. The molecule has 4 rings (SSSR count). The van der Waals surface area contributed by atoms with Gasteiger partial charge in [-0.3, -0.25) is 9.69 Å². The van der Waals surface area contributed by atoms with Gasteiger partial charge in [0.15, 0.2) is 5.13 Å². The van der Waals surface area contributed by atoms with Gasteiger partial charge < -0.3 is 10.2 Å². The number of rotatable bonds is 6. The molecule has 0 bridgehead atoms. The Morgan fingerprint density at radius 1 is 1.06 bits per heavy atom. The molecule has 8 heteroatoms. The average molecular weight is 451 g/mol. The number of carbonyl (C=O) groups excluding carboxylic acids is 1. The molecule has 1 N–H and O–H groups in total. The third kappa shape index (κ3) is 5.49. The number of aryl methyl sites for hydroxylation is 2. The highest BCUT2D eigenvalue weighted by atomic mass is 32.1. The zero-order chi connectivity index (χ0) is 22.7. The van der Waals surface area contributed by atoms with Crippen LogP contribution in [0.3, 0.4) is 0 Å². The van der Waals surface area contributed by atoms with Gasteiger partial charge in [0.25, 0.3) is 0 Å². The number of aromatic nitrogens is 3. The molecule has 0 atom stereocenters. The van der Waals surface area contributed by atoms with Crippen molar-refractivity contribution in [1.82, 2.24) is 19.9 Å². The Bertz CT molecular complexity index is 1070. The summed E-state index contributed by atoms with van der Waals surface area (Å²) in [6.07, 6.45) is 0. The van der Waals surface area contributed by atoms with Gasteiger partial charge in [-0.1, -0.05) is 43.7 Å². The molecule has 1 fully saturated rings. The van der Waals surface area contributed by atoms with Crippen LogP contribution in [0.15, 0.2) is 35.7 Å². The Hall–Kier alpha value is -2.84.